The average Bonchev–Trinajstić information content (AvgIpc) is 3.46. The maximum atomic E-state index is 12.6. The first-order valence-corrected chi connectivity index (χ1v) is 28.0. The predicted octanol–water partition coefficient (Wildman–Crippen LogP) is 0.249. The van der Waals surface area contributed by atoms with Crippen LogP contribution in [-0.2, 0) is 41.9 Å². The molecule has 3 aromatic rings. The first kappa shape index (κ1) is 69.7. The van der Waals surface area contributed by atoms with E-state index >= 15 is 0 Å². The van der Waals surface area contributed by atoms with Crippen LogP contribution in [0, 0.1) is 0 Å². The van der Waals surface area contributed by atoms with Crippen molar-refractivity contribution >= 4 is 59.7 Å². The number of carbonyl (C=O) groups is 6. The number of rotatable bonds is 43. The van der Waals surface area contributed by atoms with Crippen molar-refractivity contribution in [2.24, 2.45) is 28.7 Å². The normalized spacial score (nSPS) is 11.4. The monoisotopic (exact) mass is 1110 g/mol. The van der Waals surface area contributed by atoms with Gasteiger partial charge in [0, 0.05) is 189 Å². The maximum Gasteiger partial charge on any atom is 0.221 e. The summed E-state index contributed by atoms with van der Waals surface area (Å²) in [5.41, 5.74) is 34.3. The highest BCUT2D eigenvalue weighted by molar-refractivity contribution is 5.78. The fourth-order valence-corrected chi connectivity index (χ4v) is 8.21. The Morgan fingerprint density at radius 2 is 0.550 bits per heavy atom. The van der Waals surface area contributed by atoms with Crippen LogP contribution >= 0.6 is 0 Å². The van der Waals surface area contributed by atoms with E-state index in [2.05, 4.69) is 149 Å². The third kappa shape index (κ3) is 32.6. The van der Waals surface area contributed by atoms with Crippen molar-refractivity contribution in [2.45, 2.75) is 58.5 Å². The summed E-state index contributed by atoms with van der Waals surface area (Å²) < 4.78 is 0. The molecule has 22 nitrogen and oxygen atoms in total. The molecule has 19 N–H and O–H groups in total. The van der Waals surface area contributed by atoms with Crippen LogP contribution in [0.5, 0.6) is 0 Å². The second kappa shape index (κ2) is 43.4. The molecule has 80 heavy (non-hydrogen) atoms. The lowest BCUT2D eigenvalue weighted by molar-refractivity contribution is -0.123. The van der Waals surface area contributed by atoms with Crippen LogP contribution in [0.1, 0.15) is 78.8 Å². The zero-order valence-electron chi connectivity index (χ0n) is 47.6. The molecule has 0 spiro atoms. The minimum atomic E-state index is -0.0954. The van der Waals surface area contributed by atoms with Crippen LogP contribution in [0.15, 0.2) is 72.8 Å². The molecule has 0 saturated carbocycles. The van der Waals surface area contributed by atoms with E-state index in [1.165, 1.54) is 0 Å². The van der Waals surface area contributed by atoms with E-state index < -0.39 is 0 Å². The van der Waals surface area contributed by atoms with Gasteiger partial charge in [-0.2, -0.15) is 0 Å². The Balaban J connectivity index is 0.0000219. The number of nitrogens with one attached hydrogen (secondary N) is 6. The highest BCUT2D eigenvalue weighted by Crippen LogP contribution is 2.16. The van der Waals surface area contributed by atoms with Gasteiger partial charge in [-0.25, -0.2) is 0 Å². The average molecular weight is 1110 g/mol. The van der Waals surface area contributed by atoms with Gasteiger partial charge in [-0.1, -0.05) is 97.1 Å². The summed E-state index contributed by atoms with van der Waals surface area (Å²) in [7, 11) is 0. The maximum absolute atomic E-state index is 12.6. The van der Waals surface area contributed by atoms with E-state index in [-0.39, 0.29) is 54.4 Å². The Morgan fingerprint density at radius 1 is 0.338 bits per heavy atom. The van der Waals surface area contributed by atoms with Gasteiger partial charge in [-0.05, 0) is 40.3 Å². The van der Waals surface area contributed by atoms with E-state index in [1.807, 2.05) is 6.92 Å². The van der Waals surface area contributed by atoms with Gasteiger partial charge in [-0.3, -0.25) is 38.6 Å². The van der Waals surface area contributed by atoms with Crippen LogP contribution in [-0.4, -0.2) is 192 Å². The summed E-state index contributed by atoms with van der Waals surface area (Å²) in [6.07, 6.45) is 10.1. The third-order valence-corrected chi connectivity index (χ3v) is 12.7. The molecule has 0 unspecified atom stereocenters. The Labute approximate surface area is 475 Å². The Hall–Kier alpha value is -6.44. The van der Waals surface area contributed by atoms with Crippen molar-refractivity contribution in [2.75, 3.05) is 137 Å². The number of amides is 6. The molecule has 0 bridgehead atoms. The van der Waals surface area contributed by atoms with Crippen LogP contribution in [0.3, 0.4) is 0 Å². The molecule has 444 valence electrons. The molecule has 22 heteroatoms. The van der Waals surface area contributed by atoms with Gasteiger partial charge in [0.25, 0.3) is 0 Å². The van der Waals surface area contributed by atoms with Crippen molar-refractivity contribution in [3.63, 3.8) is 0 Å². The Bertz CT molecular complexity index is 2240. The van der Waals surface area contributed by atoms with E-state index in [0.29, 0.717) is 176 Å². The molecule has 3 rings (SSSR count). The van der Waals surface area contributed by atoms with E-state index in [9.17, 15) is 28.8 Å². The molecule has 0 radical (unpaired) electrons. The fraction of sp³-hybridized carbons (Fsp3) is 0.517. The Morgan fingerprint density at radius 3 is 0.787 bits per heavy atom. The minimum absolute atomic E-state index is 0. The fourth-order valence-electron chi connectivity index (χ4n) is 8.21. The van der Waals surface area contributed by atoms with Crippen LogP contribution in [0.2, 0.25) is 0 Å². The molecular weight excluding hydrogens is 1020 g/mol. The molecule has 0 saturated heterocycles. The van der Waals surface area contributed by atoms with Crippen molar-refractivity contribution in [3.8, 4) is 0 Å². The zero-order chi connectivity index (χ0) is 57.3. The van der Waals surface area contributed by atoms with Gasteiger partial charge in [0.15, 0.2) is 0 Å². The molecule has 3 aromatic carbocycles. The van der Waals surface area contributed by atoms with Gasteiger partial charge >= 0.3 is 0 Å². The quantitative estimate of drug-likeness (QED) is 0.0338. The second-order valence-corrected chi connectivity index (χ2v) is 19.2. The molecule has 0 fully saturated rings. The number of benzene rings is 3. The summed E-state index contributed by atoms with van der Waals surface area (Å²) in [5, 5.41) is 17.0. The molecule has 0 aliphatic rings. The van der Waals surface area contributed by atoms with Gasteiger partial charge in [0.2, 0.25) is 35.4 Å². The van der Waals surface area contributed by atoms with Crippen LogP contribution < -0.4 is 66.7 Å². The smallest absolute Gasteiger partial charge is 0.221 e. The van der Waals surface area contributed by atoms with Gasteiger partial charge < -0.3 is 76.5 Å². The summed E-state index contributed by atoms with van der Waals surface area (Å²) in [4.78, 5) is 83.5. The lowest BCUT2D eigenvalue weighted by Crippen LogP contribution is -2.40. The number of hydrogen-bond acceptors (Lipinski definition) is 16. The zero-order valence-corrected chi connectivity index (χ0v) is 47.6. The van der Waals surface area contributed by atoms with Gasteiger partial charge in [0.05, 0.1) is 0 Å². The SMILES string of the molecule is CCNC(=O)CCN(CCC(=O)NCCN)CCN(CCC(=O)NCCN)Cc1ccc(/C=C/c2ccc(/C=C/c3ccc(CN(CCC(=O)NCCN)CCN(CCC(=O)NCCN)CCC(=O)NCCN)cc3)cc2)cc1.N. The van der Waals surface area contributed by atoms with Gasteiger partial charge in [-0.15, -0.1) is 0 Å². The summed E-state index contributed by atoms with van der Waals surface area (Å²) in [6.45, 7) is 13.0. The third-order valence-electron chi connectivity index (χ3n) is 12.7. The minimum Gasteiger partial charge on any atom is -0.356 e. The molecule has 6 amide bonds. The predicted molar refractivity (Wildman–Crippen MR) is 322 cm³/mol. The van der Waals surface area contributed by atoms with E-state index in [1.54, 1.807) is 0 Å². The molecular formula is C58H96N16O6. The summed E-state index contributed by atoms with van der Waals surface area (Å²) >= 11 is 0. The number of nitrogens with zero attached hydrogens (tertiary/aromatic N) is 4. The van der Waals surface area contributed by atoms with Gasteiger partial charge in [0.1, 0.15) is 0 Å². The van der Waals surface area contributed by atoms with Crippen LogP contribution in [0.25, 0.3) is 24.3 Å². The largest absolute Gasteiger partial charge is 0.356 e. The summed E-state index contributed by atoms with van der Waals surface area (Å²) in [6, 6.07) is 25.0. The van der Waals surface area contributed by atoms with Crippen molar-refractivity contribution in [3.05, 3.63) is 106 Å². The molecule has 0 aliphatic carbocycles. The standard InChI is InChI=1S/C58H93N15O6.H3N/c1-2-64-53(74)19-35-70(36-20-54(75)65-30-25-59)41-43-72(39-23-57(78)68-33-28-62)45-51-15-11-49(12-16-51)9-7-47-3-5-48(6-4-47)8-10-50-13-17-52(18-14-50)46-73(40-24-58(79)69-34-29-63)44-42-71(37-21-55(76)66-31-26-60)38-22-56(77)67-32-27-61;/h3-18H,2,19-46,59-63H2,1H3,(H,64,74)(H,65,75)(H,66,76)(H,67,77)(H,68,78)(H,69,79);1H3/b9-7+,10-8+;. The number of nitrogens with two attached hydrogens (primary N) is 5. The highest BCUT2D eigenvalue weighted by Gasteiger charge is 2.17. The molecule has 0 aromatic heterocycles. The van der Waals surface area contributed by atoms with E-state index in [4.69, 9.17) is 28.7 Å². The lowest BCUT2D eigenvalue weighted by atomic mass is 10.1. The van der Waals surface area contributed by atoms with Crippen molar-refractivity contribution < 1.29 is 28.8 Å². The second-order valence-electron chi connectivity index (χ2n) is 19.2. The van der Waals surface area contributed by atoms with Crippen molar-refractivity contribution in [1.82, 2.24) is 57.7 Å². The molecule has 0 atom stereocenters. The topological polar surface area (TPSA) is 353 Å². The number of hydrogen-bond donors (Lipinski definition) is 12. The molecule has 0 heterocycles. The summed E-state index contributed by atoms with van der Waals surface area (Å²) in [5.74, 6) is -0.440. The first-order chi connectivity index (χ1) is 38.4. The highest BCUT2D eigenvalue weighted by atomic mass is 16.2. The van der Waals surface area contributed by atoms with E-state index in [0.717, 1.165) is 33.4 Å². The first-order valence-electron chi connectivity index (χ1n) is 28.0. The van der Waals surface area contributed by atoms with Crippen LogP contribution in [0.4, 0.5) is 0 Å². The Kier molecular flexibility index (Phi) is 37.8. The van der Waals surface area contributed by atoms with Crippen molar-refractivity contribution in [1.29, 1.82) is 0 Å². The lowest BCUT2D eigenvalue weighted by Gasteiger charge is -2.28. The molecule has 0 aliphatic heterocycles. The number of carbonyl (C=O) groups excluding carboxylic acids is 6.